The fraction of sp³-hybridized carbons (Fsp3) is 0.136. The number of carbonyl (C=O) groups excluding carboxylic acids is 1. The summed E-state index contributed by atoms with van der Waals surface area (Å²) in [5.41, 5.74) is 2.43. The van der Waals surface area contributed by atoms with Crippen LogP contribution >= 0.6 is 11.6 Å². The fourth-order valence-electron chi connectivity index (χ4n) is 2.59. The molecule has 5 nitrogen and oxygen atoms in total. The van der Waals surface area contributed by atoms with Crippen molar-refractivity contribution in [2.45, 2.75) is 6.54 Å². The van der Waals surface area contributed by atoms with Crippen molar-refractivity contribution in [3.8, 4) is 11.5 Å². The van der Waals surface area contributed by atoms with Gasteiger partial charge in [0.25, 0.3) is 5.91 Å². The van der Waals surface area contributed by atoms with Gasteiger partial charge in [-0.3, -0.25) is 4.79 Å². The molecule has 0 saturated heterocycles. The van der Waals surface area contributed by atoms with Crippen LogP contribution in [0.3, 0.4) is 0 Å². The molecule has 29 heavy (non-hydrogen) atoms. The summed E-state index contributed by atoms with van der Waals surface area (Å²) in [5, 5.41) is 6.62. The number of hydrogen-bond donors (Lipinski definition) is 2. The van der Waals surface area contributed by atoms with E-state index in [2.05, 4.69) is 10.6 Å². The molecule has 0 heterocycles. The van der Waals surface area contributed by atoms with Gasteiger partial charge in [-0.2, -0.15) is 0 Å². The minimum atomic E-state index is -0.366. The van der Waals surface area contributed by atoms with Crippen LogP contribution in [0.5, 0.6) is 11.5 Å². The average molecular weight is 415 g/mol. The predicted octanol–water partition coefficient (Wildman–Crippen LogP) is 5.12. The Hall–Kier alpha value is -3.25. The largest absolute Gasteiger partial charge is 0.493 e. The van der Waals surface area contributed by atoms with Gasteiger partial charge in [-0.1, -0.05) is 17.7 Å². The number of anilines is 2. The zero-order valence-corrected chi connectivity index (χ0v) is 16.5. The Morgan fingerprint density at radius 2 is 1.66 bits per heavy atom. The summed E-state index contributed by atoms with van der Waals surface area (Å²) >= 11 is 5.89. The molecule has 0 spiro atoms. The van der Waals surface area contributed by atoms with Gasteiger partial charge in [-0.05, 0) is 66.2 Å². The van der Waals surface area contributed by atoms with Crippen molar-refractivity contribution in [1.29, 1.82) is 0 Å². The number of ether oxygens (including phenoxy) is 2. The number of methoxy groups -OCH3 is 1. The van der Waals surface area contributed by atoms with Gasteiger partial charge in [0.2, 0.25) is 0 Å². The van der Waals surface area contributed by atoms with Crippen LogP contribution in [0.4, 0.5) is 15.8 Å². The predicted molar refractivity (Wildman–Crippen MR) is 112 cm³/mol. The second-order valence-corrected chi connectivity index (χ2v) is 6.63. The Kier molecular flexibility index (Phi) is 6.92. The van der Waals surface area contributed by atoms with Gasteiger partial charge < -0.3 is 20.1 Å². The van der Waals surface area contributed by atoms with Gasteiger partial charge in [0, 0.05) is 22.9 Å². The molecule has 3 rings (SSSR count). The first kappa shape index (κ1) is 20.5. The molecule has 0 unspecified atom stereocenters. The lowest BCUT2D eigenvalue weighted by Crippen LogP contribution is -2.20. The van der Waals surface area contributed by atoms with Crippen LogP contribution < -0.4 is 20.1 Å². The molecule has 150 valence electrons. The van der Waals surface area contributed by atoms with Crippen LogP contribution in [-0.4, -0.2) is 19.6 Å². The summed E-state index contributed by atoms with van der Waals surface area (Å²) in [4.78, 5) is 12.0. The third-order valence-corrected chi connectivity index (χ3v) is 4.31. The maximum absolute atomic E-state index is 12.9. The van der Waals surface area contributed by atoms with Crippen molar-refractivity contribution < 1.29 is 18.7 Å². The number of carbonyl (C=O) groups is 1. The van der Waals surface area contributed by atoms with Crippen molar-refractivity contribution in [2.75, 3.05) is 24.4 Å². The van der Waals surface area contributed by atoms with Crippen molar-refractivity contribution in [3.05, 3.63) is 83.1 Å². The van der Waals surface area contributed by atoms with Crippen LogP contribution in [0.1, 0.15) is 5.56 Å². The monoisotopic (exact) mass is 414 g/mol. The number of nitrogens with one attached hydrogen (secondary N) is 2. The highest BCUT2D eigenvalue weighted by atomic mass is 35.5. The molecule has 3 aromatic carbocycles. The maximum Gasteiger partial charge on any atom is 0.262 e. The summed E-state index contributed by atoms with van der Waals surface area (Å²) in [6.45, 7) is 0.388. The quantitative estimate of drug-likeness (QED) is 0.537. The van der Waals surface area contributed by atoms with Crippen molar-refractivity contribution in [3.63, 3.8) is 0 Å². The van der Waals surface area contributed by atoms with Crippen LogP contribution in [-0.2, 0) is 11.3 Å². The highest BCUT2D eigenvalue weighted by Crippen LogP contribution is 2.28. The third kappa shape index (κ3) is 6.12. The lowest BCUT2D eigenvalue weighted by atomic mass is 10.2. The molecular weight excluding hydrogens is 395 g/mol. The molecule has 0 bridgehead atoms. The smallest absolute Gasteiger partial charge is 0.262 e. The van der Waals surface area contributed by atoms with E-state index in [-0.39, 0.29) is 18.3 Å². The Balaban J connectivity index is 1.55. The first-order chi connectivity index (χ1) is 14.0. The first-order valence-corrected chi connectivity index (χ1v) is 9.26. The molecule has 1 amide bonds. The normalized spacial score (nSPS) is 10.3. The topological polar surface area (TPSA) is 59.6 Å². The minimum absolute atomic E-state index is 0.198. The van der Waals surface area contributed by atoms with Gasteiger partial charge in [-0.15, -0.1) is 0 Å². The zero-order valence-electron chi connectivity index (χ0n) is 15.7. The summed E-state index contributed by atoms with van der Waals surface area (Å²) in [6.07, 6.45) is 0. The second-order valence-electron chi connectivity index (χ2n) is 6.19. The minimum Gasteiger partial charge on any atom is -0.493 e. The third-order valence-electron chi connectivity index (χ3n) is 4.06. The zero-order chi connectivity index (χ0) is 20.6. The molecule has 0 aliphatic rings. The second kappa shape index (κ2) is 9.80. The molecular formula is C22H20ClFN2O3. The van der Waals surface area contributed by atoms with Gasteiger partial charge in [0.1, 0.15) is 5.82 Å². The molecule has 0 aliphatic heterocycles. The SMILES string of the molecule is COc1cc(CNc2ccc(Cl)cc2)ccc1OCC(=O)Nc1ccc(F)cc1. The van der Waals surface area contributed by atoms with E-state index in [1.165, 1.54) is 31.4 Å². The first-order valence-electron chi connectivity index (χ1n) is 8.88. The van der Waals surface area contributed by atoms with Crippen LogP contribution in [0.15, 0.2) is 66.7 Å². The number of hydrogen-bond acceptors (Lipinski definition) is 4. The molecule has 0 aromatic heterocycles. The number of amides is 1. The van der Waals surface area contributed by atoms with Crippen molar-refractivity contribution in [1.82, 2.24) is 0 Å². The van der Waals surface area contributed by atoms with E-state index >= 15 is 0 Å². The fourth-order valence-corrected chi connectivity index (χ4v) is 2.71. The van der Waals surface area contributed by atoms with Gasteiger partial charge in [0.05, 0.1) is 7.11 Å². The Morgan fingerprint density at radius 1 is 0.966 bits per heavy atom. The van der Waals surface area contributed by atoms with Crippen LogP contribution in [0.25, 0.3) is 0 Å². The average Bonchev–Trinajstić information content (AvgIpc) is 2.73. The molecule has 2 N–H and O–H groups in total. The molecule has 0 radical (unpaired) electrons. The lowest BCUT2D eigenvalue weighted by Gasteiger charge is -2.13. The van der Waals surface area contributed by atoms with E-state index in [4.69, 9.17) is 21.1 Å². The Morgan fingerprint density at radius 3 is 2.34 bits per heavy atom. The summed E-state index contributed by atoms with van der Waals surface area (Å²) < 4.78 is 23.9. The summed E-state index contributed by atoms with van der Waals surface area (Å²) in [7, 11) is 1.54. The van der Waals surface area contributed by atoms with Crippen molar-refractivity contribution >= 4 is 28.9 Å². The van der Waals surface area contributed by atoms with E-state index in [1.54, 1.807) is 6.07 Å². The van der Waals surface area contributed by atoms with E-state index < -0.39 is 0 Å². The molecule has 7 heteroatoms. The number of benzene rings is 3. The number of halogens is 2. The maximum atomic E-state index is 12.9. The van der Waals surface area contributed by atoms with E-state index in [9.17, 15) is 9.18 Å². The van der Waals surface area contributed by atoms with E-state index in [1.807, 2.05) is 36.4 Å². The molecule has 3 aromatic rings. The number of rotatable bonds is 8. The van der Waals surface area contributed by atoms with E-state index in [0.29, 0.717) is 28.8 Å². The molecule has 0 fully saturated rings. The molecule has 0 atom stereocenters. The van der Waals surface area contributed by atoms with E-state index in [0.717, 1.165) is 11.3 Å². The summed E-state index contributed by atoms with van der Waals surface area (Å²) in [6, 6.07) is 18.4. The van der Waals surface area contributed by atoms with Crippen LogP contribution in [0.2, 0.25) is 5.02 Å². The summed E-state index contributed by atoms with van der Waals surface area (Å²) in [5.74, 6) is 0.258. The molecule has 0 saturated carbocycles. The van der Waals surface area contributed by atoms with Crippen molar-refractivity contribution in [2.24, 2.45) is 0 Å². The molecule has 0 aliphatic carbocycles. The Labute approximate surface area is 173 Å². The van der Waals surface area contributed by atoms with Gasteiger partial charge >= 0.3 is 0 Å². The van der Waals surface area contributed by atoms with Gasteiger partial charge in [-0.25, -0.2) is 4.39 Å². The highest BCUT2D eigenvalue weighted by Gasteiger charge is 2.09. The highest BCUT2D eigenvalue weighted by molar-refractivity contribution is 6.30. The standard InChI is InChI=1S/C22H20ClFN2O3/c1-28-21-12-15(13-25-18-7-3-16(23)4-8-18)2-11-20(21)29-14-22(27)26-19-9-5-17(24)6-10-19/h2-12,25H,13-14H2,1H3,(H,26,27). The Bertz CT molecular complexity index is 963. The van der Waals surface area contributed by atoms with Crippen LogP contribution in [0, 0.1) is 5.82 Å². The van der Waals surface area contributed by atoms with Gasteiger partial charge in [0.15, 0.2) is 18.1 Å². The lowest BCUT2D eigenvalue weighted by molar-refractivity contribution is -0.118.